The van der Waals surface area contributed by atoms with Gasteiger partial charge in [0.1, 0.15) is 11.5 Å². The fraction of sp³-hybridized carbons (Fsp3) is 0.600. The van der Waals surface area contributed by atoms with Crippen molar-refractivity contribution in [2.75, 3.05) is 27.3 Å². The van der Waals surface area contributed by atoms with Gasteiger partial charge in [0.2, 0.25) is 5.91 Å². The average molecular weight is 376 g/mol. The molecular weight excluding hydrogens is 348 g/mol. The number of carboxylic acids is 1. The van der Waals surface area contributed by atoms with Crippen molar-refractivity contribution in [3.05, 3.63) is 23.8 Å². The summed E-state index contributed by atoms with van der Waals surface area (Å²) in [7, 11) is 3.15. The molecule has 0 spiro atoms. The van der Waals surface area contributed by atoms with Crippen LogP contribution < -0.4 is 14.8 Å². The Labute approximate surface area is 159 Å². The molecule has 2 aliphatic rings. The molecule has 27 heavy (non-hydrogen) atoms. The molecule has 0 aromatic heterocycles. The molecule has 1 aromatic carbocycles. The van der Waals surface area contributed by atoms with Crippen molar-refractivity contribution in [2.45, 2.75) is 44.2 Å². The summed E-state index contributed by atoms with van der Waals surface area (Å²) in [5.74, 6) is 1.05. The van der Waals surface area contributed by atoms with Crippen molar-refractivity contribution in [2.24, 2.45) is 5.92 Å². The largest absolute Gasteiger partial charge is 0.496 e. The second-order valence-corrected chi connectivity index (χ2v) is 7.47. The first-order valence-electron chi connectivity index (χ1n) is 9.45. The van der Waals surface area contributed by atoms with Crippen LogP contribution in [0.4, 0.5) is 0 Å². The standard InChI is InChI=1S/C20H28N2O5/c1-26-17-4-3-5-18(27-2)16(17)10-19(23)21-14-8-15(9-14)22(12-20(24)25)11-13-6-7-13/h3-5,13-15H,6-12H2,1-2H3,(H,21,23)(H,24,25). The summed E-state index contributed by atoms with van der Waals surface area (Å²) < 4.78 is 10.7. The number of nitrogens with zero attached hydrogens (tertiary/aromatic N) is 1. The van der Waals surface area contributed by atoms with Crippen molar-refractivity contribution in [1.29, 1.82) is 0 Å². The normalized spacial score (nSPS) is 21.4. The molecule has 2 saturated carbocycles. The van der Waals surface area contributed by atoms with Gasteiger partial charge in [-0.15, -0.1) is 0 Å². The molecule has 0 radical (unpaired) electrons. The second-order valence-electron chi connectivity index (χ2n) is 7.47. The zero-order valence-corrected chi connectivity index (χ0v) is 15.9. The highest BCUT2D eigenvalue weighted by Crippen LogP contribution is 2.34. The first kappa shape index (κ1) is 19.5. The van der Waals surface area contributed by atoms with Crippen LogP contribution in [0.3, 0.4) is 0 Å². The molecule has 7 heteroatoms. The van der Waals surface area contributed by atoms with Crippen molar-refractivity contribution >= 4 is 11.9 Å². The third-order valence-corrected chi connectivity index (χ3v) is 5.39. The molecule has 1 aromatic rings. The van der Waals surface area contributed by atoms with Gasteiger partial charge in [-0.25, -0.2) is 0 Å². The predicted molar refractivity (Wildman–Crippen MR) is 100 cm³/mol. The molecule has 0 unspecified atom stereocenters. The lowest BCUT2D eigenvalue weighted by Crippen LogP contribution is -2.55. The van der Waals surface area contributed by atoms with E-state index in [0.717, 1.165) is 24.9 Å². The third-order valence-electron chi connectivity index (χ3n) is 5.39. The van der Waals surface area contributed by atoms with Crippen molar-refractivity contribution < 1.29 is 24.2 Å². The van der Waals surface area contributed by atoms with Gasteiger partial charge in [-0.05, 0) is 43.7 Å². The van der Waals surface area contributed by atoms with E-state index in [-0.39, 0.29) is 31.0 Å². The number of hydrogen-bond donors (Lipinski definition) is 2. The van der Waals surface area contributed by atoms with E-state index in [4.69, 9.17) is 14.6 Å². The highest BCUT2D eigenvalue weighted by molar-refractivity contribution is 5.80. The van der Waals surface area contributed by atoms with Crippen molar-refractivity contribution in [3.8, 4) is 11.5 Å². The molecule has 3 rings (SSSR count). The quantitative estimate of drug-likeness (QED) is 0.646. The van der Waals surface area contributed by atoms with Crippen LogP contribution in [0.15, 0.2) is 18.2 Å². The van der Waals surface area contributed by atoms with Gasteiger partial charge in [0.15, 0.2) is 0 Å². The lowest BCUT2D eigenvalue weighted by molar-refractivity contribution is -0.140. The van der Waals surface area contributed by atoms with E-state index < -0.39 is 5.97 Å². The molecule has 0 saturated heterocycles. The molecule has 1 amide bonds. The lowest BCUT2D eigenvalue weighted by atomic mass is 9.85. The molecule has 148 valence electrons. The van der Waals surface area contributed by atoms with Gasteiger partial charge >= 0.3 is 5.97 Å². The number of rotatable bonds is 10. The van der Waals surface area contributed by atoms with Gasteiger partial charge < -0.3 is 19.9 Å². The Morgan fingerprint density at radius 3 is 2.33 bits per heavy atom. The molecular formula is C20H28N2O5. The van der Waals surface area contributed by atoms with E-state index in [2.05, 4.69) is 10.2 Å². The molecule has 0 heterocycles. The Bertz CT molecular complexity index is 661. The van der Waals surface area contributed by atoms with Gasteiger partial charge in [0.05, 0.1) is 27.2 Å². The summed E-state index contributed by atoms with van der Waals surface area (Å²) in [6.45, 7) is 0.941. The summed E-state index contributed by atoms with van der Waals surface area (Å²) in [5, 5.41) is 12.2. The predicted octanol–water partition coefficient (Wildman–Crippen LogP) is 1.69. The number of benzene rings is 1. The zero-order valence-electron chi connectivity index (χ0n) is 15.9. The van der Waals surface area contributed by atoms with Gasteiger partial charge in [0.25, 0.3) is 0 Å². The van der Waals surface area contributed by atoms with E-state index in [9.17, 15) is 9.59 Å². The number of hydrogen-bond acceptors (Lipinski definition) is 5. The Kier molecular flexibility index (Phi) is 6.21. The molecule has 0 aliphatic heterocycles. The Morgan fingerprint density at radius 1 is 1.19 bits per heavy atom. The fourth-order valence-corrected chi connectivity index (χ4v) is 3.69. The minimum Gasteiger partial charge on any atom is -0.496 e. The van der Waals surface area contributed by atoms with Gasteiger partial charge in [-0.3, -0.25) is 14.5 Å². The van der Waals surface area contributed by atoms with Crippen molar-refractivity contribution in [3.63, 3.8) is 0 Å². The van der Waals surface area contributed by atoms with Gasteiger partial charge in [0, 0.05) is 24.2 Å². The van der Waals surface area contributed by atoms with E-state index >= 15 is 0 Å². The molecule has 2 fully saturated rings. The second kappa shape index (κ2) is 8.61. The van der Waals surface area contributed by atoms with Crippen LogP contribution in [0.2, 0.25) is 0 Å². The minimum absolute atomic E-state index is 0.0757. The number of amides is 1. The van der Waals surface area contributed by atoms with Crippen LogP contribution in [0, 0.1) is 5.92 Å². The average Bonchev–Trinajstić information content (AvgIpc) is 3.41. The fourth-order valence-electron chi connectivity index (χ4n) is 3.69. The molecule has 7 nitrogen and oxygen atoms in total. The van der Waals surface area contributed by atoms with Crippen LogP contribution >= 0.6 is 0 Å². The Hall–Kier alpha value is -2.28. The maximum absolute atomic E-state index is 12.5. The summed E-state index contributed by atoms with van der Waals surface area (Å²) in [4.78, 5) is 25.6. The van der Waals surface area contributed by atoms with E-state index in [1.165, 1.54) is 12.8 Å². The van der Waals surface area contributed by atoms with Crippen LogP contribution in [-0.2, 0) is 16.0 Å². The first-order valence-corrected chi connectivity index (χ1v) is 9.45. The lowest BCUT2D eigenvalue weighted by Gasteiger charge is -2.42. The number of ether oxygens (including phenoxy) is 2. The maximum Gasteiger partial charge on any atom is 0.317 e. The van der Waals surface area contributed by atoms with Crippen LogP contribution in [0.1, 0.15) is 31.2 Å². The highest BCUT2D eigenvalue weighted by atomic mass is 16.5. The number of carbonyl (C=O) groups excluding carboxylic acids is 1. The van der Waals surface area contributed by atoms with Gasteiger partial charge in [-0.1, -0.05) is 6.07 Å². The zero-order chi connectivity index (χ0) is 19.4. The highest BCUT2D eigenvalue weighted by Gasteiger charge is 2.37. The summed E-state index contributed by atoms with van der Waals surface area (Å²) in [5.41, 5.74) is 0.733. The minimum atomic E-state index is -0.786. The molecule has 0 atom stereocenters. The summed E-state index contributed by atoms with van der Waals surface area (Å²) in [6.07, 6.45) is 4.19. The van der Waals surface area contributed by atoms with Crippen LogP contribution in [0.5, 0.6) is 11.5 Å². The van der Waals surface area contributed by atoms with E-state index in [1.807, 2.05) is 18.2 Å². The number of nitrogens with one attached hydrogen (secondary N) is 1. The summed E-state index contributed by atoms with van der Waals surface area (Å²) >= 11 is 0. The molecule has 2 aliphatic carbocycles. The molecule has 2 N–H and O–H groups in total. The topological polar surface area (TPSA) is 88.1 Å². The monoisotopic (exact) mass is 376 g/mol. The number of methoxy groups -OCH3 is 2. The number of carbonyl (C=O) groups is 2. The number of carboxylic acid groups (broad SMARTS) is 1. The Balaban J connectivity index is 1.51. The third kappa shape index (κ3) is 5.13. The maximum atomic E-state index is 12.5. The van der Waals surface area contributed by atoms with E-state index in [1.54, 1.807) is 14.2 Å². The first-order chi connectivity index (χ1) is 13.0. The molecule has 0 bridgehead atoms. The van der Waals surface area contributed by atoms with Gasteiger partial charge in [-0.2, -0.15) is 0 Å². The van der Waals surface area contributed by atoms with E-state index in [0.29, 0.717) is 17.4 Å². The summed E-state index contributed by atoms with van der Waals surface area (Å²) in [6, 6.07) is 5.79. The Morgan fingerprint density at radius 2 is 1.81 bits per heavy atom. The smallest absolute Gasteiger partial charge is 0.317 e. The van der Waals surface area contributed by atoms with Crippen LogP contribution in [-0.4, -0.2) is 61.3 Å². The van der Waals surface area contributed by atoms with Crippen molar-refractivity contribution in [1.82, 2.24) is 10.2 Å². The van der Waals surface area contributed by atoms with Crippen LogP contribution in [0.25, 0.3) is 0 Å². The SMILES string of the molecule is COc1cccc(OC)c1CC(=O)NC1CC(N(CC(=O)O)CC2CC2)C1. The number of aliphatic carboxylic acids is 1.